The maximum absolute atomic E-state index is 12.6. The van der Waals surface area contributed by atoms with Crippen molar-refractivity contribution < 1.29 is 19.0 Å². The molecule has 0 saturated heterocycles. The molecule has 0 saturated carbocycles. The van der Waals surface area contributed by atoms with Crippen LogP contribution in [0.25, 0.3) is 11.1 Å². The molecule has 3 aromatic rings. The first-order chi connectivity index (χ1) is 12.7. The summed E-state index contributed by atoms with van der Waals surface area (Å²) < 4.78 is 16.7. The normalized spacial score (nSPS) is 15.3. The van der Waals surface area contributed by atoms with Gasteiger partial charge in [-0.3, -0.25) is 9.89 Å². The molecule has 1 amide bonds. The number of carbonyl (C=O) groups excluding carboxylic acids is 1. The van der Waals surface area contributed by atoms with Crippen molar-refractivity contribution in [1.29, 1.82) is 0 Å². The smallest absolute Gasteiger partial charge is 0.269 e. The van der Waals surface area contributed by atoms with Gasteiger partial charge in [0.15, 0.2) is 11.5 Å². The van der Waals surface area contributed by atoms with Crippen molar-refractivity contribution in [2.24, 2.45) is 0 Å². The minimum atomic E-state index is -0.733. The van der Waals surface area contributed by atoms with Gasteiger partial charge in [0, 0.05) is 11.8 Å². The number of hydrogen-bond donors (Lipinski definition) is 2. The van der Waals surface area contributed by atoms with Crippen molar-refractivity contribution in [2.75, 3.05) is 19.0 Å². The molecule has 7 heteroatoms. The van der Waals surface area contributed by atoms with Crippen LogP contribution in [0.5, 0.6) is 17.2 Å². The van der Waals surface area contributed by atoms with Crippen molar-refractivity contribution in [2.45, 2.75) is 6.10 Å². The Balaban J connectivity index is 1.51. The molecule has 1 aliphatic heterocycles. The van der Waals surface area contributed by atoms with Crippen LogP contribution in [0.15, 0.2) is 54.9 Å². The molecule has 0 bridgehead atoms. The predicted molar refractivity (Wildman–Crippen MR) is 95.6 cm³/mol. The zero-order valence-electron chi connectivity index (χ0n) is 14.1. The Morgan fingerprint density at radius 2 is 2.08 bits per heavy atom. The average Bonchev–Trinajstić information content (AvgIpc) is 3.22. The van der Waals surface area contributed by atoms with Gasteiger partial charge in [-0.25, -0.2) is 0 Å². The van der Waals surface area contributed by atoms with Crippen LogP contribution in [0.3, 0.4) is 0 Å². The molecule has 0 unspecified atom stereocenters. The van der Waals surface area contributed by atoms with Gasteiger partial charge in [0.1, 0.15) is 12.4 Å². The lowest BCUT2D eigenvalue weighted by atomic mass is 10.1. The third-order valence-electron chi connectivity index (χ3n) is 4.09. The highest BCUT2D eigenvalue weighted by Crippen LogP contribution is 2.33. The lowest BCUT2D eigenvalue weighted by molar-refractivity contribution is -0.125. The van der Waals surface area contributed by atoms with Crippen molar-refractivity contribution in [3.63, 3.8) is 0 Å². The van der Waals surface area contributed by atoms with Gasteiger partial charge < -0.3 is 19.5 Å². The Morgan fingerprint density at radius 1 is 1.23 bits per heavy atom. The lowest BCUT2D eigenvalue weighted by Gasteiger charge is -2.25. The van der Waals surface area contributed by atoms with Gasteiger partial charge in [-0.05, 0) is 29.8 Å². The summed E-state index contributed by atoms with van der Waals surface area (Å²) in [6.07, 6.45) is 2.78. The van der Waals surface area contributed by atoms with Gasteiger partial charge in [-0.15, -0.1) is 0 Å². The second kappa shape index (κ2) is 6.79. The summed E-state index contributed by atoms with van der Waals surface area (Å²) >= 11 is 0. The molecule has 4 rings (SSSR count). The Morgan fingerprint density at radius 3 is 2.85 bits per heavy atom. The Kier molecular flexibility index (Phi) is 4.18. The molecule has 7 nitrogen and oxygen atoms in total. The number of fused-ring (bicyclic) bond motifs is 1. The van der Waals surface area contributed by atoms with Gasteiger partial charge in [0.2, 0.25) is 6.10 Å². The number of hydrogen-bond acceptors (Lipinski definition) is 5. The van der Waals surface area contributed by atoms with Crippen molar-refractivity contribution in [3.8, 4) is 28.4 Å². The average molecular weight is 351 g/mol. The number of nitrogens with one attached hydrogen (secondary N) is 2. The fourth-order valence-corrected chi connectivity index (χ4v) is 2.74. The number of aromatic amines is 1. The first kappa shape index (κ1) is 16.0. The van der Waals surface area contributed by atoms with Crippen LogP contribution >= 0.6 is 0 Å². The molecule has 0 radical (unpaired) electrons. The number of rotatable bonds is 4. The second-order valence-electron chi connectivity index (χ2n) is 5.76. The van der Waals surface area contributed by atoms with Gasteiger partial charge in [0.25, 0.3) is 5.91 Å². The standard InChI is InChI=1S/C19H17N3O4/c1-24-17-8-12(13-9-20-21-10-13)6-7-14(17)22-19(23)18-11-25-15-4-2-3-5-16(15)26-18/h2-10,18H,11H2,1H3,(H,20,21)(H,22,23)/t18-/m0/s1. The van der Waals surface area contributed by atoms with E-state index in [2.05, 4.69) is 15.5 Å². The Hall–Kier alpha value is -3.48. The summed E-state index contributed by atoms with van der Waals surface area (Å²) in [5.74, 6) is 1.45. The Labute approximate surface area is 149 Å². The van der Waals surface area contributed by atoms with Crippen LogP contribution in [0.1, 0.15) is 0 Å². The molecule has 2 N–H and O–H groups in total. The van der Waals surface area contributed by atoms with E-state index in [1.54, 1.807) is 37.7 Å². The van der Waals surface area contributed by atoms with Crippen LogP contribution < -0.4 is 19.5 Å². The van der Waals surface area contributed by atoms with E-state index in [4.69, 9.17) is 14.2 Å². The fourth-order valence-electron chi connectivity index (χ4n) is 2.74. The molecular weight excluding hydrogens is 334 g/mol. The number of nitrogens with zero attached hydrogens (tertiary/aromatic N) is 1. The minimum absolute atomic E-state index is 0.151. The van der Waals surface area contributed by atoms with Crippen LogP contribution in [-0.4, -0.2) is 35.9 Å². The summed E-state index contributed by atoms with van der Waals surface area (Å²) in [6, 6.07) is 12.8. The highest BCUT2D eigenvalue weighted by atomic mass is 16.6. The quantitative estimate of drug-likeness (QED) is 0.755. The molecule has 1 aliphatic rings. The van der Waals surface area contributed by atoms with E-state index < -0.39 is 6.10 Å². The third-order valence-corrected chi connectivity index (χ3v) is 4.09. The molecule has 132 valence electrons. The van der Waals surface area contributed by atoms with Crippen LogP contribution in [0.2, 0.25) is 0 Å². The summed E-state index contributed by atoms with van der Waals surface area (Å²) in [5, 5.41) is 9.55. The first-order valence-electron chi connectivity index (χ1n) is 8.11. The third kappa shape index (κ3) is 3.06. The summed E-state index contributed by atoms with van der Waals surface area (Å²) in [4.78, 5) is 12.6. The second-order valence-corrected chi connectivity index (χ2v) is 5.76. The summed E-state index contributed by atoms with van der Waals surface area (Å²) in [5.41, 5.74) is 2.42. The molecule has 0 fully saturated rings. The van der Waals surface area contributed by atoms with E-state index in [-0.39, 0.29) is 12.5 Å². The zero-order valence-corrected chi connectivity index (χ0v) is 14.1. The monoisotopic (exact) mass is 351 g/mol. The topological polar surface area (TPSA) is 85.5 Å². The summed E-state index contributed by atoms with van der Waals surface area (Å²) in [7, 11) is 1.56. The molecule has 0 spiro atoms. The maximum atomic E-state index is 12.6. The van der Waals surface area contributed by atoms with Crippen molar-refractivity contribution in [1.82, 2.24) is 10.2 Å². The number of ether oxygens (including phenoxy) is 3. The first-order valence-corrected chi connectivity index (χ1v) is 8.11. The fraction of sp³-hybridized carbons (Fsp3) is 0.158. The predicted octanol–water partition coefficient (Wildman–Crippen LogP) is 2.86. The number of para-hydroxylation sites is 2. The van der Waals surface area contributed by atoms with Gasteiger partial charge in [0.05, 0.1) is 19.0 Å². The molecule has 1 atom stereocenters. The molecule has 1 aromatic heterocycles. The van der Waals surface area contributed by atoms with Crippen molar-refractivity contribution >= 4 is 11.6 Å². The molecule has 0 aliphatic carbocycles. The minimum Gasteiger partial charge on any atom is -0.495 e. The zero-order chi connectivity index (χ0) is 17.9. The maximum Gasteiger partial charge on any atom is 0.269 e. The van der Waals surface area contributed by atoms with E-state index in [1.165, 1.54) is 0 Å². The van der Waals surface area contributed by atoms with Crippen LogP contribution in [0, 0.1) is 0 Å². The molecule has 2 heterocycles. The van der Waals surface area contributed by atoms with Gasteiger partial charge >= 0.3 is 0 Å². The number of H-pyrrole nitrogens is 1. The molecular formula is C19H17N3O4. The van der Waals surface area contributed by atoms with Crippen LogP contribution in [-0.2, 0) is 4.79 Å². The van der Waals surface area contributed by atoms with Crippen LogP contribution in [0.4, 0.5) is 5.69 Å². The number of methoxy groups -OCH3 is 1. The van der Waals surface area contributed by atoms with E-state index >= 15 is 0 Å². The number of anilines is 1. The van der Waals surface area contributed by atoms with Crippen molar-refractivity contribution in [3.05, 3.63) is 54.9 Å². The van der Waals surface area contributed by atoms with E-state index in [1.807, 2.05) is 24.3 Å². The largest absolute Gasteiger partial charge is 0.495 e. The lowest BCUT2D eigenvalue weighted by Crippen LogP contribution is -2.40. The van der Waals surface area contributed by atoms with Gasteiger partial charge in [-0.1, -0.05) is 18.2 Å². The molecule has 2 aromatic carbocycles. The highest BCUT2D eigenvalue weighted by Gasteiger charge is 2.27. The Bertz CT molecular complexity index is 924. The van der Waals surface area contributed by atoms with E-state index in [0.29, 0.717) is 22.9 Å². The highest BCUT2D eigenvalue weighted by molar-refractivity contribution is 5.96. The SMILES string of the molecule is COc1cc(-c2cn[nH]c2)ccc1NC(=O)[C@@H]1COc2ccccc2O1. The molecule has 26 heavy (non-hydrogen) atoms. The number of amides is 1. The summed E-state index contributed by atoms with van der Waals surface area (Å²) in [6.45, 7) is 0.151. The van der Waals surface area contributed by atoms with Gasteiger partial charge in [-0.2, -0.15) is 5.10 Å². The number of aromatic nitrogens is 2. The van der Waals surface area contributed by atoms with E-state index in [9.17, 15) is 4.79 Å². The number of benzene rings is 2. The van der Waals surface area contributed by atoms with E-state index in [0.717, 1.165) is 11.1 Å². The number of carbonyl (C=O) groups is 1.